The van der Waals surface area contributed by atoms with E-state index < -0.39 is 11.0 Å². The van der Waals surface area contributed by atoms with Crippen molar-refractivity contribution >= 4 is 16.5 Å². The molecule has 1 N–H and O–H groups in total. The molecule has 0 aromatic heterocycles. The fraction of sp³-hybridized carbons (Fsp3) is 0.167. The maximum absolute atomic E-state index is 10.8. The molecule has 16 heavy (non-hydrogen) atoms. The predicted molar refractivity (Wildman–Crippen MR) is 61.2 cm³/mol. The van der Waals surface area contributed by atoms with Crippen molar-refractivity contribution in [3.05, 3.63) is 52.1 Å². The first-order chi connectivity index (χ1) is 7.61. The molecule has 0 bridgehead atoms. The monoisotopic (exact) mass is 217 g/mol. The molecule has 2 aromatic rings. The highest BCUT2D eigenvalue weighted by atomic mass is 16.6. The Balaban J connectivity index is 2.82. The summed E-state index contributed by atoms with van der Waals surface area (Å²) in [5, 5.41) is 21.7. The SMILES string of the molecule is CC(O)c1ccc([N+](=O)[O-])c2ccccc12. The van der Waals surface area contributed by atoms with Crippen LogP contribution in [-0.2, 0) is 0 Å². The molecule has 1 atom stereocenters. The summed E-state index contributed by atoms with van der Waals surface area (Å²) in [5.41, 5.74) is 0.779. The van der Waals surface area contributed by atoms with Crippen LogP contribution < -0.4 is 0 Å². The van der Waals surface area contributed by atoms with Gasteiger partial charge in [-0.1, -0.05) is 18.2 Å². The van der Waals surface area contributed by atoms with Crippen LogP contribution in [0.2, 0.25) is 0 Å². The summed E-state index contributed by atoms with van der Waals surface area (Å²) in [6, 6.07) is 10.1. The number of nitro groups is 1. The first-order valence-electron chi connectivity index (χ1n) is 4.95. The summed E-state index contributed by atoms with van der Waals surface area (Å²) >= 11 is 0. The quantitative estimate of drug-likeness (QED) is 0.621. The largest absolute Gasteiger partial charge is 0.389 e. The van der Waals surface area contributed by atoms with Crippen LogP contribution in [0.1, 0.15) is 18.6 Å². The third-order valence-electron chi connectivity index (χ3n) is 2.58. The number of nitrogens with zero attached hydrogens (tertiary/aromatic N) is 1. The van der Waals surface area contributed by atoms with E-state index in [-0.39, 0.29) is 5.69 Å². The highest BCUT2D eigenvalue weighted by Gasteiger charge is 2.15. The Kier molecular flexibility index (Phi) is 2.58. The fourth-order valence-electron chi connectivity index (χ4n) is 1.83. The average molecular weight is 217 g/mol. The normalized spacial score (nSPS) is 12.6. The van der Waals surface area contributed by atoms with Gasteiger partial charge in [0.05, 0.1) is 16.4 Å². The van der Waals surface area contributed by atoms with Crippen LogP contribution in [0.15, 0.2) is 36.4 Å². The van der Waals surface area contributed by atoms with E-state index in [2.05, 4.69) is 0 Å². The van der Waals surface area contributed by atoms with E-state index >= 15 is 0 Å². The van der Waals surface area contributed by atoms with Crippen LogP contribution in [0, 0.1) is 10.1 Å². The van der Waals surface area contributed by atoms with Gasteiger partial charge < -0.3 is 5.11 Å². The second kappa shape index (κ2) is 3.90. The van der Waals surface area contributed by atoms with E-state index in [1.165, 1.54) is 6.07 Å². The van der Waals surface area contributed by atoms with Gasteiger partial charge in [-0.2, -0.15) is 0 Å². The third-order valence-corrected chi connectivity index (χ3v) is 2.58. The van der Waals surface area contributed by atoms with Crippen molar-refractivity contribution in [1.82, 2.24) is 0 Å². The van der Waals surface area contributed by atoms with Gasteiger partial charge in [-0.3, -0.25) is 10.1 Å². The van der Waals surface area contributed by atoms with Gasteiger partial charge in [-0.15, -0.1) is 0 Å². The Hall–Kier alpha value is -1.94. The second-order valence-corrected chi connectivity index (χ2v) is 3.65. The molecule has 0 spiro atoms. The first-order valence-corrected chi connectivity index (χ1v) is 4.95. The number of aliphatic hydroxyl groups excluding tert-OH is 1. The lowest BCUT2D eigenvalue weighted by molar-refractivity contribution is -0.383. The van der Waals surface area contributed by atoms with Crippen molar-refractivity contribution in [3.8, 4) is 0 Å². The highest BCUT2D eigenvalue weighted by Crippen LogP contribution is 2.31. The highest BCUT2D eigenvalue weighted by molar-refractivity contribution is 5.93. The predicted octanol–water partition coefficient (Wildman–Crippen LogP) is 2.80. The van der Waals surface area contributed by atoms with Crippen LogP contribution in [0.5, 0.6) is 0 Å². The minimum atomic E-state index is -0.634. The van der Waals surface area contributed by atoms with Crippen molar-refractivity contribution in [2.45, 2.75) is 13.0 Å². The van der Waals surface area contributed by atoms with Crippen molar-refractivity contribution in [1.29, 1.82) is 0 Å². The molecule has 0 saturated carbocycles. The lowest BCUT2D eigenvalue weighted by atomic mass is 10.00. The van der Waals surface area contributed by atoms with Crippen molar-refractivity contribution in [2.24, 2.45) is 0 Å². The average Bonchev–Trinajstić information content (AvgIpc) is 2.27. The first kappa shape index (κ1) is 10.6. The smallest absolute Gasteiger partial charge is 0.277 e. The summed E-state index contributed by atoms with van der Waals surface area (Å²) < 4.78 is 0. The number of benzene rings is 2. The van der Waals surface area contributed by atoms with Crippen LogP contribution in [-0.4, -0.2) is 10.0 Å². The van der Waals surface area contributed by atoms with Gasteiger partial charge in [0, 0.05) is 6.07 Å². The van der Waals surface area contributed by atoms with Crippen LogP contribution in [0.25, 0.3) is 10.8 Å². The summed E-state index contributed by atoms with van der Waals surface area (Å²) in [5.74, 6) is 0. The summed E-state index contributed by atoms with van der Waals surface area (Å²) in [6.45, 7) is 1.65. The molecule has 4 heteroatoms. The maximum atomic E-state index is 10.8. The number of rotatable bonds is 2. The molecule has 82 valence electrons. The number of hydrogen-bond donors (Lipinski definition) is 1. The molecule has 0 aliphatic heterocycles. The zero-order valence-corrected chi connectivity index (χ0v) is 8.75. The Labute approximate surface area is 92.3 Å². The van der Waals surface area contributed by atoms with Gasteiger partial charge in [0.1, 0.15) is 0 Å². The standard InChI is InChI=1S/C12H11NO3/c1-8(14)9-6-7-12(13(15)16)11-5-3-2-4-10(9)11/h2-8,14H,1H3. The van der Waals surface area contributed by atoms with E-state index in [4.69, 9.17) is 0 Å². The number of non-ortho nitro benzene ring substituents is 1. The van der Waals surface area contributed by atoms with Gasteiger partial charge in [0.15, 0.2) is 0 Å². The summed E-state index contributed by atoms with van der Waals surface area (Å²) in [6.07, 6.45) is -0.634. The third kappa shape index (κ3) is 1.63. The number of fused-ring (bicyclic) bond motifs is 1. The molecule has 1 unspecified atom stereocenters. The molecule has 4 nitrogen and oxygen atoms in total. The molecule has 2 aromatic carbocycles. The Morgan fingerprint density at radius 1 is 1.19 bits per heavy atom. The van der Waals surface area contributed by atoms with Crippen LogP contribution in [0.4, 0.5) is 5.69 Å². The van der Waals surface area contributed by atoms with Gasteiger partial charge >= 0.3 is 0 Å². The maximum Gasteiger partial charge on any atom is 0.277 e. The topological polar surface area (TPSA) is 63.4 Å². The minimum absolute atomic E-state index is 0.0694. The van der Waals surface area contributed by atoms with E-state index in [1.807, 2.05) is 0 Å². The second-order valence-electron chi connectivity index (χ2n) is 3.65. The van der Waals surface area contributed by atoms with E-state index in [9.17, 15) is 15.2 Å². The van der Waals surface area contributed by atoms with Crippen LogP contribution in [0.3, 0.4) is 0 Å². The number of hydrogen-bond acceptors (Lipinski definition) is 3. The zero-order valence-electron chi connectivity index (χ0n) is 8.75. The molecule has 0 heterocycles. The van der Waals surface area contributed by atoms with Gasteiger partial charge in [-0.25, -0.2) is 0 Å². The van der Waals surface area contributed by atoms with Gasteiger partial charge in [0.2, 0.25) is 0 Å². The molecule has 0 fully saturated rings. The summed E-state index contributed by atoms with van der Waals surface area (Å²) in [4.78, 5) is 10.4. The molecule has 2 rings (SSSR count). The van der Waals surface area contributed by atoms with Gasteiger partial charge in [-0.05, 0) is 30.0 Å². The number of nitro benzene ring substituents is 1. The lowest BCUT2D eigenvalue weighted by Gasteiger charge is -2.09. The Morgan fingerprint density at radius 3 is 2.38 bits per heavy atom. The van der Waals surface area contributed by atoms with Crippen molar-refractivity contribution < 1.29 is 10.0 Å². The van der Waals surface area contributed by atoms with Crippen LogP contribution >= 0.6 is 0 Å². The molecule has 0 aliphatic rings. The molecule has 0 saturated heterocycles. The molecule has 0 aliphatic carbocycles. The Morgan fingerprint density at radius 2 is 1.81 bits per heavy atom. The fourth-order valence-corrected chi connectivity index (χ4v) is 1.83. The lowest BCUT2D eigenvalue weighted by Crippen LogP contribution is -1.96. The molecule has 0 radical (unpaired) electrons. The molecule has 0 amide bonds. The Bertz CT molecular complexity index is 549. The van der Waals surface area contributed by atoms with Crippen molar-refractivity contribution in [2.75, 3.05) is 0 Å². The minimum Gasteiger partial charge on any atom is -0.389 e. The molecular formula is C12H11NO3. The number of aliphatic hydroxyl groups is 1. The zero-order chi connectivity index (χ0) is 11.7. The van der Waals surface area contributed by atoms with E-state index in [0.717, 1.165) is 5.39 Å². The van der Waals surface area contributed by atoms with Crippen molar-refractivity contribution in [3.63, 3.8) is 0 Å². The summed E-state index contributed by atoms with van der Waals surface area (Å²) in [7, 11) is 0. The van der Waals surface area contributed by atoms with E-state index in [0.29, 0.717) is 10.9 Å². The van der Waals surface area contributed by atoms with E-state index in [1.54, 1.807) is 37.3 Å². The molecular weight excluding hydrogens is 206 g/mol. The van der Waals surface area contributed by atoms with Gasteiger partial charge in [0.25, 0.3) is 5.69 Å².